The van der Waals surface area contributed by atoms with Crippen molar-refractivity contribution in [2.24, 2.45) is 5.92 Å². The molecule has 24 heavy (non-hydrogen) atoms. The maximum absolute atomic E-state index is 11.1. The lowest BCUT2D eigenvalue weighted by molar-refractivity contribution is -0.146. The van der Waals surface area contributed by atoms with Gasteiger partial charge >= 0.3 is 11.9 Å². The van der Waals surface area contributed by atoms with Crippen molar-refractivity contribution in [3.8, 4) is 0 Å². The van der Waals surface area contributed by atoms with Crippen molar-refractivity contribution in [1.29, 1.82) is 0 Å². The highest BCUT2D eigenvalue weighted by Crippen LogP contribution is 2.16. The minimum Gasteiger partial charge on any atom is -0.481 e. The third kappa shape index (κ3) is 9.67. The Hall–Kier alpha value is -1.41. The van der Waals surface area contributed by atoms with E-state index < -0.39 is 33.2 Å². The standard InChI is InChI=1S/C16H28O7S/c1-2-3-4-5-6-7-8-9-10-11-12-13(15(17)18)14(16(19)20)24(21,22)23/h11-14H,2-10H2,1H3,(H,17,18)(H,19,20)(H,21,22,23). The molecule has 3 N–H and O–H groups in total. The Morgan fingerprint density at radius 3 is 1.83 bits per heavy atom. The summed E-state index contributed by atoms with van der Waals surface area (Å²) in [4.78, 5) is 22.0. The highest BCUT2D eigenvalue weighted by molar-refractivity contribution is 7.87. The molecule has 0 aromatic heterocycles. The number of allylic oxidation sites excluding steroid dienone is 1. The van der Waals surface area contributed by atoms with E-state index in [0.717, 1.165) is 31.8 Å². The fraction of sp³-hybridized carbons (Fsp3) is 0.750. The lowest BCUT2D eigenvalue weighted by atomic mass is 10.0. The molecule has 7 nitrogen and oxygen atoms in total. The van der Waals surface area contributed by atoms with E-state index in [4.69, 9.17) is 14.8 Å². The predicted molar refractivity (Wildman–Crippen MR) is 90.5 cm³/mol. The Morgan fingerprint density at radius 2 is 1.42 bits per heavy atom. The smallest absolute Gasteiger partial charge is 0.325 e. The van der Waals surface area contributed by atoms with Crippen LogP contribution in [-0.2, 0) is 19.7 Å². The Balaban J connectivity index is 4.32. The first-order chi connectivity index (χ1) is 11.2. The van der Waals surface area contributed by atoms with E-state index in [-0.39, 0.29) is 0 Å². The van der Waals surface area contributed by atoms with Gasteiger partial charge in [0.05, 0.1) is 0 Å². The summed E-state index contributed by atoms with van der Waals surface area (Å²) in [6.45, 7) is 2.16. The molecule has 0 saturated carbocycles. The van der Waals surface area contributed by atoms with Crippen molar-refractivity contribution in [1.82, 2.24) is 0 Å². The van der Waals surface area contributed by atoms with E-state index in [1.54, 1.807) is 0 Å². The Morgan fingerprint density at radius 1 is 0.917 bits per heavy atom. The summed E-state index contributed by atoms with van der Waals surface area (Å²) in [7, 11) is -5.00. The molecule has 0 bridgehead atoms. The Labute approximate surface area is 143 Å². The number of hydrogen-bond donors (Lipinski definition) is 3. The van der Waals surface area contributed by atoms with Crippen molar-refractivity contribution in [3.63, 3.8) is 0 Å². The van der Waals surface area contributed by atoms with Gasteiger partial charge in [0.2, 0.25) is 0 Å². The zero-order valence-corrected chi connectivity index (χ0v) is 14.9. The molecular formula is C16H28O7S. The minimum atomic E-state index is -5.00. The van der Waals surface area contributed by atoms with Crippen LogP contribution in [-0.4, -0.2) is 40.4 Å². The van der Waals surface area contributed by atoms with Crippen molar-refractivity contribution < 1.29 is 32.8 Å². The van der Waals surface area contributed by atoms with E-state index in [0.29, 0.717) is 6.42 Å². The Bertz CT molecular complexity index is 511. The molecule has 0 fully saturated rings. The van der Waals surface area contributed by atoms with Gasteiger partial charge in [0.1, 0.15) is 5.92 Å². The maximum Gasteiger partial charge on any atom is 0.325 e. The molecule has 0 aromatic carbocycles. The van der Waals surface area contributed by atoms with Gasteiger partial charge in [-0.25, -0.2) is 0 Å². The highest BCUT2D eigenvalue weighted by Gasteiger charge is 2.41. The van der Waals surface area contributed by atoms with Gasteiger partial charge in [0.15, 0.2) is 5.25 Å². The lowest BCUT2D eigenvalue weighted by Crippen LogP contribution is -2.40. The van der Waals surface area contributed by atoms with Gasteiger partial charge in [-0.2, -0.15) is 8.42 Å². The molecule has 0 heterocycles. The van der Waals surface area contributed by atoms with Crippen LogP contribution in [0.5, 0.6) is 0 Å². The molecule has 0 aliphatic heterocycles. The summed E-state index contributed by atoms with van der Waals surface area (Å²) in [5.74, 6) is -5.31. The number of rotatable bonds is 14. The van der Waals surface area contributed by atoms with Crippen LogP contribution in [0.25, 0.3) is 0 Å². The first kappa shape index (κ1) is 22.6. The summed E-state index contributed by atoms with van der Waals surface area (Å²) < 4.78 is 31.1. The molecule has 0 radical (unpaired) electrons. The summed E-state index contributed by atoms with van der Waals surface area (Å²) in [5.41, 5.74) is 0. The maximum atomic E-state index is 11.1. The first-order valence-electron chi connectivity index (χ1n) is 8.30. The van der Waals surface area contributed by atoms with Gasteiger partial charge < -0.3 is 10.2 Å². The van der Waals surface area contributed by atoms with E-state index in [2.05, 4.69) is 6.92 Å². The topological polar surface area (TPSA) is 129 Å². The molecule has 140 valence electrons. The van der Waals surface area contributed by atoms with Crippen LogP contribution in [0.1, 0.15) is 64.7 Å². The quantitative estimate of drug-likeness (QED) is 0.245. The second kappa shape index (κ2) is 12.0. The molecule has 2 atom stereocenters. The van der Waals surface area contributed by atoms with Crippen LogP contribution in [0.15, 0.2) is 12.2 Å². The Kier molecular flexibility index (Phi) is 11.3. The second-order valence-electron chi connectivity index (χ2n) is 5.83. The predicted octanol–water partition coefficient (Wildman–Crippen LogP) is 3.12. The fourth-order valence-corrected chi connectivity index (χ4v) is 3.25. The molecule has 2 unspecified atom stereocenters. The number of unbranched alkanes of at least 4 members (excludes halogenated alkanes) is 8. The second-order valence-corrected chi connectivity index (χ2v) is 7.37. The minimum absolute atomic E-state index is 0.538. The molecule has 0 aromatic rings. The highest BCUT2D eigenvalue weighted by atomic mass is 32.2. The number of carboxylic acids is 2. The third-order valence-electron chi connectivity index (χ3n) is 3.74. The first-order valence-corrected chi connectivity index (χ1v) is 9.80. The number of aliphatic carboxylic acids is 2. The molecule has 0 amide bonds. The van der Waals surface area contributed by atoms with Gasteiger partial charge in [-0.05, 0) is 12.8 Å². The van der Waals surface area contributed by atoms with Crippen molar-refractivity contribution >= 4 is 22.1 Å². The molecular weight excluding hydrogens is 336 g/mol. The molecule has 0 rings (SSSR count). The molecule has 0 aliphatic rings. The largest absolute Gasteiger partial charge is 0.481 e. The average molecular weight is 364 g/mol. The van der Waals surface area contributed by atoms with Crippen molar-refractivity contribution in [3.05, 3.63) is 12.2 Å². The number of hydrogen-bond acceptors (Lipinski definition) is 4. The van der Waals surface area contributed by atoms with Gasteiger partial charge in [0, 0.05) is 0 Å². The van der Waals surface area contributed by atoms with Crippen LogP contribution in [0, 0.1) is 5.92 Å². The van der Waals surface area contributed by atoms with Gasteiger partial charge in [-0.1, -0.05) is 64.0 Å². The summed E-state index contributed by atoms with van der Waals surface area (Å²) in [6.07, 6.45) is 12.0. The average Bonchev–Trinajstić information content (AvgIpc) is 2.45. The normalized spacial score (nSPS) is 14.6. The van der Waals surface area contributed by atoms with Crippen LogP contribution < -0.4 is 0 Å². The molecule has 0 saturated heterocycles. The van der Waals surface area contributed by atoms with Gasteiger partial charge in [-0.3, -0.25) is 14.1 Å². The van der Waals surface area contributed by atoms with E-state index in [9.17, 15) is 18.0 Å². The van der Waals surface area contributed by atoms with Crippen molar-refractivity contribution in [2.45, 2.75) is 70.0 Å². The van der Waals surface area contributed by atoms with E-state index >= 15 is 0 Å². The van der Waals surface area contributed by atoms with Crippen LogP contribution >= 0.6 is 0 Å². The zero-order chi connectivity index (χ0) is 18.6. The van der Waals surface area contributed by atoms with Gasteiger partial charge in [0.25, 0.3) is 10.1 Å². The van der Waals surface area contributed by atoms with Crippen LogP contribution in [0.2, 0.25) is 0 Å². The SMILES string of the molecule is CCCCCCCCCCC=CC(C(=O)O)C(C(=O)O)S(=O)(=O)O. The summed E-state index contributed by atoms with van der Waals surface area (Å²) >= 11 is 0. The fourth-order valence-electron chi connectivity index (χ4n) is 2.42. The molecule has 0 spiro atoms. The van der Waals surface area contributed by atoms with Crippen molar-refractivity contribution in [2.75, 3.05) is 0 Å². The lowest BCUT2D eigenvalue weighted by Gasteiger charge is -2.14. The summed E-state index contributed by atoms with van der Waals surface area (Å²) in [6, 6.07) is 0. The molecule has 8 heteroatoms. The zero-order valence-electron chi connectivity index (χ0n) is 14.1. The number of carbonyl (C=O) groups is 2. The van der Waals surface area contributed by atoms with E-state index in [1.807, 2.05) is 0 Å². The van der Waals surface area contributed by atoms with E-state index in [1.165, 1.54) is 31.8 Å². The van der Waals surface area contributed by atoms with Gasteiger partial charge in [-0.15, -0.1) is 0 Å². The summed E-state index contributed by atoms with van der Waals surface area (Å²) in [5, 5.41) is 15.5. The monoisotopic (exact) mass is 364 g/mol. The molecule has 0 aliphatic carbocycles. The van der Waals surface area contributed by atoms with Crippen LogP contribution in [0.4, 0.5) is 0 Å². The van der Waals surface area contributed by atoms with Crippen LogP contribution in [0.3, 0.4) is 0 Å². The third-order valence-corrected chi connectivity index (χ3v) is 4.88. The number of carboxylic acid groups (broad SMARTS) is 2.